The van der Waals surface area contributed by atoms with Gasteiger partial charge in [0.25, 0.3) is 0 Å². The largest absolute Gasteiger partial charge is 0.354 e. The quantitative estimate of drug-likeness (QED) is 0.732. The van der Waals surface area contributed by atoms with Crippen molar-refractivity contribution in [1.29, 1.82) is 0 Å². The predicted octanol–water partition coefficient (Wildman–Crippen LogP) is 0.442. The van der Waals surface area contributed by atoms with Gasteiger partial charge in [-0.25, -0.2) is 0 Å². The first-order chi connectivity index (χ1) is 7.47. The van der Waals surface area contributed by atoms with E-state index in [0.29, 0.717) is 0 Å². The van der Waals surface area contributed by atoms with Crippen LogP contribution in [0.5, 0.6) is 0 Å². The van der Waals surface area contributed by atoms with Crippen LogP contribution in [-0.4, -0.2) is 50.6 Å². The summed E-state index contributed by atoms with van der Waals surface area (Å²) >= 11 is 0. The molecule has 2 N–H and O–H groups in total. The SMILES string of the molecule is CNC(C)C(=O)NCC1(C)CCN(C)CC1. The smallest absolute Gasteiger partial charge is 0.236 e. The number of likely N-dealkylation sites (tertiary alicyclic amines) is 1. The summed E-state index contributed by atoms with van der Waals surface area (Å²) in [5.74, 6) is 0.0997. The first-order valence-corrected chi connectivity index (χ1v) is 6.10. The lowest BCUT2D eigenvalue weighted by Crippen LogP contribution is -2.47. The summed E-state index contributed by atoms with van der Waals surface area (Å²) in [7, 11) is 3.96. The first-order valence-electron chi connectivity index (χ1n) is 6.10. The predicted molar refractivity (Wildman–Crippen MR) is 66.4 cm³/mol. The number of nitrogens with zero attached hydrogens (tertiary/aromatic N) is 1. The third-order valence-corrected chi connectivity index (χ3v) is 3.71. The van der Waals surface area contributed by atoms with Gasteiger partial charge in [-0.1, -0.05) is 6.92 Å². The van der Waals surface area contributed by atoms with Crippen molar-refractivity contribution in [2.24, 2.45) is 5.41 Å². The Hall–Kier alpha value is -0.610. The molecule has 0 aliphatic carbocycles. The standard InChI is InChI=1S/C12H25N3O/c1-10(13-3)11(16)14-9-12(2)5-7-15(4)8-6-12/h10,13H,5-9H2,1-4H3,(H,14,16). The Morgan fingerprint density at radius 2 is 2.00 bits per heavy atom. The summed E-state index contributed by atoms with van der Waals surface area (Å²) in [6.07, 6.45) is 2.33. The molecule has 1 heterocycles. The van der Waals surface area contributed by atoms with Crippen LogP contribution in [0.15, 0.2) is 0 Å². The minimum Gasteiger partial charge on any atom is -0.354 e. The molecule has 0 aromatic heterocycles. The van der Waals surface area contributed by atoms with Crippen LogP contribution in [0.25, 0.3) is 0 Å². The van der Waals surface area contributed by atoms with Crippen molar-refractivity contribution in [3.63, 3.8) is 0 Å². The topological polar surface area (TPSA) is 44.4 Å². The Morgan fingerprint density at radius 1 is 1.44 bits per heavy atom. The van der Waals surface area contributed by atoms with Gasteiger partial charge in [-0.2, -0.15) is 0 Å². The second-order valence-electron chi connectivity index (χ2n) is 5.34. The van der Waals surface area contributed by atoms with E-state index in [2.05, 4.69) is 29.5 Å². The van der Waals surface area contributed by atoms with Gasteiger partial charge in [0.05, 0.1) is 6.04 Å². The van der Waals surface area contributed by atoms with Crippen LogP contribution in [0.3, 0.4) is 0 Å². The second-order valence-corrected chi connectivity index (χ2v) is 5.34. The Kier molecular flexibility index (Phi) is 4.74. The van der Waals surface area contributed by atoms with E-state index < -0.39 is 0 Å². The maximum absolute atomic E-state index is 11.6. The molecule has 0 aromatic rings. The third-order valence-electron chi connectivity index (χ3n) is 3.71. The highest BCUT2D eigenvalue weighted by molar-refractivity contribution is 5.81. The molecule has 1 rings (SSSR count). The lowest BCUT2D eigenvalue weighted by atomic mass is 9.80. The van der Waals surface area contributed by atoms with Crippen LogP contribution in [0.4, 0.5) is 0 Å². The van der Waals surface area contributed by atoms with Gasteiger partial charge >= 0.3 is 0 Å². The minimum atomic E-state index is -0.102. The number of nitrogens with one attached hydrogen (secondary N) is 2. The van der Waals surface area contributed by atoms with E-state index in [4.69, 9.17) is 0 Å². The average Bonchev–Trinajstić information content (AvgIpc) is 2.29. The molecular formula is C12H25N3O. The van der Waals surface area contributed by atoms with E-state index in [1.807, 2.05) is 14.0 Å². The molecule has 1 fully saturated rings. The molecule has 0 bridgehead atoms. The molecule has 1 saturated heterocycles. The van der Waals surface area contributed by atoms with Crippen LogP contribution in [0.1, 0.15) is 26.7 Å². The molecule has 16 heavy (non-hydrogen) atoms. The fourth-order valence-electron chi connectivity index (χ4n) is 1.92. The van der Waals surface area contributed by atoms with Crippen LogP contribution < -0.4 is 10.6 Å². The number of amides is 1. The van der Waals surface area contributed by atoms with Gasteiger partial charge in [0.15, 0.2) is 0 Å². The fraction of sp³-hybridized carbons (Fsp3) is 0.917. The lowest BCUT2D eigenvalue weighted by molar-refractivity contribution is -0.123. The van der Waals surface area contributed by atoms with Crippen LogP contribution in [0, 0.1) is 5.41 Å². The highest BCUT2D eigenvalue weighted by atomic mass is 16.2. The highest BCUT2D eigenvalue weighted by Gasteiger charge is 2.29. The third kappa shape index (κ3) is 3.76. The normalized spacial score (nSPS) is 22.8. The summed E-state index contributed by atoms with van der Waals surface area (Å²) in [5, 5.41) is 5.99. The molecule has 0 saturated carbocycles. The van der Waals surface area contributed by atoms with E-state index in [1.165, 1.54) is 0 Å². The van der Waals surface area contributed by atoms with Gasteiger partial charge in [-0.05, 0) is 52.4 Å². The summed E-state index contributed by atoms with van der Waals surface area (Å²) in [6, 6.07) is -0.102. The molecular weight excluding hydrogens is 202 g/mol. The van der Waals surface area contributed by atoms with Gasteiger partial charge < -0.3 is 15.5 Å². The van der Waals surface area contributed by atoms with E-state index in [1.54, 1.807) is 0 Å². The Labute approximate surface area is 98.8 Å². The van der Waals surface area contributed by atoms with E-state index in [9.17, 15) is 4.79 Å². The van der Waals surface area contributed by atoms with Crippen molar-refractivity contribution in [2.75, 3.05) is 33.7 Å². The molecule has 1 unspecified atom stereocenters. The van der Waals surface area contributed by atoms with Crippen molar-refractivity contribution < 1.29 is 4.79 Å². The van der Waals surface area contributed by atoms with E-state index in [-0.39, 0.29) is 17.4 Å². The van der Waals surface area contributed by atoms with E-state index >= 15 is 0 Å². The number of hydrogen-bond acceptors (Lipinski definition) is 3. The molecule has 1 atom stereocenters. The van der Waals surface area contributed by atoms with Crippen LogP contribution in [0.2, 0.25) is 0 Å². The lowest BCUT2D eigenvalue weighted by Gasteiger charge is -2.38. The number of rotatable bonds is 4. The maximum Gasteiger partial charge on any atom is 0.236 e. The molecule has 1 amide bonds. The summed E-state index contributed by atoms with van der Waals surface area (Å²) in [4.78, 5) is 14.0. The molecule has 94 valence electrons. The zero-order valence-corrected chi connectivity index (χ0v) is 11.0. The number of hydrogen-bond donors (Lipinski definition) is 2. The number of likely N-dealkylation sites (N-methyl/N-ethyl adjacent to an activating group) is 1. The van der Waals surface area contributed by atoms with Crippen molar-refractivity contribution in [2.45, 2.75) is 32.7 Å². The summed E-state index contributed by atoms with van der Waals surface area (Å²) < 4.78 is 0. The molecule has 4 nitrogen and oxygen atoms in total. The van der Waals surface area contributed by atoms with Gasteiger partial charge in [0.2, 0.25) is 5.91 Å². The molecule has 4 heteroatoms. The Bertz CT molecular complexity index is 234. The molecule has 1 aliphatic rings. The average molecular weight is 227 g/mol. The Balaban J connectivity index is 2.34. The van der Waals surface area contributed by atoms with E-state index in [0.717, 1.165) is 32.5 Å². The molecule has 0 radical (unpaired) electrons. The van der Waals surface area contributed by atoms with Crippen LogP contribution >= 0.6 is 0 Å². The van der Waals surface area contributed by atoms with Crippen molar-refractivity contribution in [3.8, 4) is 0 Å². The monoisotopic (exact) mass is 227 g/mol. The number of carbonyl (C=O) groups excluding carboxylic acids is 1. The summed E-state index contributed by atoms with van der Waals surface area (Å²) in [6.45, 7) is 7.21. The number of piperidine rings is 1. The fourth-order valence-corrected chi connectivity index (χ4v) is 1.92. The second kappa shape index (κ2) is 5.64. The van der Waals surface area contributed by atoms with Crippen molar-refractivity contribution >= 4 is 5.91 Å². The van der Waals surface area contributed by atoms with Gasteiger partial charge in [-0.15, -0.1) is 0 Å². The van der Waals surface area contributed by atoms with Gasteiger partial charge in [0, 0.05) is 6.54 Å². The highest BCUT2D eigenvalue weighted by Crippen LogP contribution is 2.29. The van der Waals surface area contributed by atoms with Crippen molar-refractivity contribution in [3.05, 3.63) is 0 Å². The van der Waals surface area contributed by atoms with Crippen LogP contribution in [-0.2, 0) is 4.79 Å². The van der Waals surface area contributed by atoms with Gasteiger partial charge in [0.1, 0.15) is 0 Å². The molecule has 1 aliphatic heterocycles. The Morgan fingerprint density at radius 3 is 2.50 bits per heavy atom. The zero-order chi connectivity index (χ0) is 12.2. The molecule has 0 spiro atoms. The maximum atomic E-state index is 11.6. The zero-order valence-electron chi connectivity index (χ0n) is 11.0. The number of carbonyl (C=O) groups is 1. The van der Waals surface area contributed by atoms with Crippen molar-refractivity contribution in [1.82, 2.24) is 15.5 Å². The minimum absolute atomic E-state index is 0.0997. The summed E-state index contributed by atoms with van der Waals surface area (Å²) in [5.41, 5.74) is 0.273. The van der Waals surface area contributed by atoms with Gasteiger partial charge in [-0.3, -0.25) is 4.79 Å². The molecule has 0 aromatic carbocycles. The first kappa shape index (κ1) is 13.5.